The number of ether oxygens (including phenoxy) is 1. The Hall–Kier alpha value is -1.32. The summed E-state index contributed by atoms with van der Waals surface area (Å²) in [5.41, 5.74) is 0.894. The van der Waals surface area contributed by atoms with E-state index in [9.17, 15) is 5.11 Å². The van der Waals surface area contributed by atoms with Crippen LogP contribution in [0.15, 0.2) is 39.7 Å². The highest BCUT2D eigenvalue weighted by atomic mass is 127. The van der Waals surface area contributed by atoms with Crippen LogP contribution < -0.4 is 10.6 Å². The number of rotatable bonds is 8. The summed E-state index contributed by atoms with van der Waals surface area (Å²) in [5, 5.41) is 17.1. The van der Waals surface area contributed by atoms with Crippen LogP contribution in [-0.2, 0) is 11.2 Å². The molecule has 0 radical (unpaired) electrons. The fourth-order valence-electron chi connectivity index (χ4n) is 3.34. The molecule has 150 valence electrons. The van der Waals surface area contributed by atoms with Crippen LogP contribution in [0.5, 0.6) is 0 Å². The monoisotopic (exact) mass is 487 g/mol. The molecule has 3 N–H and O–H groups in total. The molecule has 0 saturated carbocycles. The Morgan fingerprint density at radius 3 is 2.85 bits per heavy atom. The van der Waals surface area contributed by atoms with E-state index < -0.39 is 0 Å². The molecule has 3 rings (SSSR count). The summed E-state index contributed by atoms with van der Waals surface area (Å²) in [6, 6.07) is 10.1. The Labute approximate surface area is 177 Å². The minimum Gasteiger partial charge on any atom is -0.461 e. The van der Waals surface area contributed by atoms with Crippen molar-refractivity contribution in [2.24, 2.45) is 10.4 Å². The number of aliphatic hydroxyl groups is 1. The average molecular weight is 487 g/mol. The predicted molar refractivity (Wildman–Crippen MR) is 119 cm³/mol. The van der Waals surface area contributed by atoms with Crippen molar-refractivity contribution in [3.8, 4) is 0 Å². The number of fused-ring (bicyclic) bond motifs is 1. The van der Waals surface area contributed by atoms with Crippen molar-refractivity contribution >= 4 is 40.9 Å². The second kappa shape index (κ2) is 10.9. The lowest BCUT2D eigenvalue weighted by Crippen LogP contribution is -2.39. The van der Waals surface area contributed by atoms with Gasteiger partial charge in [0.2, 0.25) is 0 Å². The van der Waals surface area contributed by atoms with Crippen LogP contribution in [-0.4, -0.2) is 50.5 Å². The van der Waals surface area contributed by atoms with Crippen LogP contribution in [0.4, 0.5) is 0 Å². The van der Waals surface area contributed by atoms with Gasteiger partial charge in [0.1, 0.15) is 11.3 Å². The lowest BCUT2D eigenvalue weighted by molar-refractivity contribution is 0.131. The molecule has 1 fully saturated rings. The van der Waals surface area contributed by atoms with E-state index in [2.05, 4.69) is 29.7 Å². The number of halogens is 1. The Balaban J connectivity index is 0.00000261. The van der Waals surface area contributed by atoms with E-state index in [-0.39, 0.29) is 36.0 Å². The van der Waals surface area contributed by atoms with Crippen molar-refractivity contribution in [1.82, 2.24) is 10.6 Å². The van der Waals surface area contributed by atoms with Gasteiger partial charge >= 0.3 is 0 Å². The molecule has 1 aromatic carbocycles. The third-order valence-electron chi connectivity index (χ3n) is 4.88. The van der Waals surface area contributed by atoms with E-state index in [4.69, 9.17) is 14.1 Å². The molecule has 1 saturated heterocycles. The summed E-state index contributed by atoms with van der Waals surface area (Å²) in [5.74, 6) is 1.77. The van der Waals surface area contributed by atoms with Crippen LogP contribution in [0.25, 0.3) is 11.0 Å². The fourth-order valence-corrected chi connectivity index (χ4v) is 3.34. The summed E-state index contributed by atoms with van der Waals surface area (Å²) in [6.45, 7) is 5.87. The van der Waals surface area contributed by atoms with Gasteiger partial charge in [0.05, 0.1) is 13.2 Å². The van der Waals surface area contributed by atoms with Crippen LogP contribution in [0.3, 0.4) is 0 Å². The molecule has 27 heavy (non-hydrogen) atoms. The predicted octanol–water partition coefficient (Wildman–Crippen LogP) is 2.94. The second-order valence-electron chi connectivity index (χ2n) is 6.90. The molecule has 0 bridgehead atoms. The topological polar surface area (TPSA) is 79.0 Å². The number of aliphatic hydroxyl groups excluding tert-OH is 1. The second-order valence-corrected chi connectivity index (χ2v) is 6.90. The third kappa shape index (κ3) is 6.08. The van der Waals surface area contributed by atoms with E-state index in [0.717, 1.165) is 61.6 Å². The fraction of sp³-hybridized carbons (Fsp3) is 0.550. The summed E-state index contributed by atoms with van der Waals surface area (Å²) in [4.78, 5) is 4.73. The molecule has 0 aliphatic carbocycles. The number of hydrogen-bond acceptors (Lipinski definition) is 4. The van der Waals surface area contributed by atoms with Crippen molar-refractivity contribution in [3.63, 3.8) is 0 Å². The first-order valence-corrected chi connectivity index (χ1v) is 9.43. The molecule has 1 aromatic heterocycles. The maximum Gasteiger partial charge on any atom is 0.191 e. The normalized spacial score (nSPS) is 19.9. The highest BCUT2D eigenvalue weighted by Crippen LogP contribution is 2.32. The first-order valence-electron chi connectivity index (χ1n) is 9.43. The van der Waals surface area contributed by atoms with Gasteiger partial charge in [0, 0.05) is 43.5 Å². The SMILES string of the molecule is CCNC(=NCC1(CCO)CCOC1)NCCc1cc2ccccc2o1.I. The van der Waals surface area contributed by atoms with Crippen molar-refractivity contribution in [2.45, 2.75) is 26.2 Å². The van der Waals surface area contributed by atoms with Gasteiger partial charge in [0.15, 0.2) is 5.96 Å². The van der Waals surface area contributed by atoms with E-state index in [1.165, 1.54) is 0 Å². The number of furan rings is 1. The van der Waals surface area contributed by atoms with Crippen LogP contribution in [0.1, 0.15) is 25.5 Å². The lowest BCUT2D eigenvalue weighted by Gasteiger charge is -2.24. The number of aliphatic imine (C=N–C) groups is 1. The number of benzene rings is 1. The molecular formula is C20H30IN3O3. The Morgan fingerprint density at radius 2 is 2.15 bits per heavy atom. The standard InChI is InChI=1S/C20H29N3O3.HI/c1-2-21-19(23-14-20(8-11-24)9-12-25-15-20)22-10-7-17-13-16-5-3-4-6-18(16)26-17;/h3-6,13,24H,2,7-12,14-15H2,1H3,(H2,21,22,23);1H. The van der Waals surface area contributed by atoms with Crippen LogP contribution in [0, 0.1) is 5.41 Å². The quantitative estimate of drug-likeness (QED) is 0.303. The average Bonchev–Trinajstić information content (AvgIpc) is 3.27. The van der Waals surface area contributed by atoms with E-state index in [1.54, 1.807) is 0 Å². The zero-order valence-electron chi connectivity index (χ0n) is 15.9. The summed E-state index contributed by atoms with van der Waals surface area (Å²) < 4.78 is 11.4. The Bertz CT molecular complexity index is 693. The van der Waals surface area contributed by atoms with Gasteiger partial charge in [-0.2, -0.15) is 0 Å². The molecule has 1 unspecified atom stereocenters. The van der Waals surface area contributed by atoms with E-state index in [0.29, 0.717) is 13.2 Å². The van der Waals surface area contributed by atoms with E-state index in [1.807, 2.05) is 18.2 Å². The van der Waals surface area contributed by atoms with Crippen molar-refractivity contribution < 1.29 is 14.3 Å². The first-order chi connectivity index (χ1) is 12.7. The minimum atomic E-state index is -0.0319. The summed E-state index contributed by atoms with van der Waals surface area (Å²) in [6.07, 6.45) is 2.48. The van der Waals surface area contributed by atoms with Gasteiger partial charge in [-0.05, 0) is 31.9 Å². The molecular weight excluding hydrogens is 457 g/mol. The largest absolute Gasteiger partial charge is 0.461 e. The molecule has 2 heterocycles. The van der Waals surface area contributed by atoms with Gasteiger partial charge in [-0.3, -0.25) is 4.99 Å². The molecule has 0 spiro atoms. The van der Waals surface area contributed by atoms with Crippen molar-refractivity contribution in [2.75, 3.05) is 39.5 Å². The van der Waals surface area contributed by atoms with Gasteiger partial charge in [0.25, 0.3) is 0 Å². The molecule has 7 heteroatoms. The van der Waals surface area contributed by atoms with E-state index >= 15 is 0 Å². The maximum absolute atomic E-state index is 9.34. The molecule has 2 aromatic rings. The summed E-state index contributed by atoms with van der Waals surface area (Å²) >= 11 is 0. The smallest absolute Gasteiger partial charge is 0.191 e. The highest BCUT2D eigenvalue weighted by molar-refractivity contribution is 14.0. The zero-order valence-corrected chi connectivity index (χ0v) is 18.2. The zero-order chi connectivity index (χ0) is 18.2. The number of guanidine groups is 1. The van der Waals surface area contributed by atoms with Gasteiger partial charge in [-0.25, -0.2) is 0 Å². The molecule has 6 nitrogen and oxygen atoms in total. The molecule has 0 amide bonds. The lowest BCUT2D eigenvalue weighted by atomic mass is 9.84. The van der Waals surface area contributed by atoms with Crippen LogP contribution >= 0.6 is 24.0 Å². The third-order valence-corrected chi connectivity index (χ3v) is 4.88. The van der Waals surface area contributed by atoms with Gasteiger partial charge < -0.3 is 24.9 Å². The molecule has 1 atom stereocenters. The minimum absolute atomic E-state index is 0. The van der Waals surface area contributed by atoms with Crippen LogP contribution in [0.2, 0.25) is 0 Å². The number of hydrogen-bond donors (Lipinski definition) is 3. The number of para-hydroxylation sites is 1. The summed E-state index contributed by atoms with van der Waals surface area (Å²) in [7, 11) is 0. The van der Waals surface area contributed by atoms with Gasteiger partial charge in [-0.15, -0.1) is 24.0 Å². The number of nitrogens with zero attached hydrogens (tertiary/aromatic N) is 1. The Kier molecular flexibility index (Phi) is 8.85. The number of nitrogens with one attached hydrogen (secondary N) is 2. The van der Waals surface area contributed by atoms with Crippen molar-refractivity contribution in [1.29, 1.82) is 0 Å². The highest BCUT2D eigenvalue weighted by Gasteiger charge is 2.34. The molecule has 1 aliphatic rings. The maximum atomic E-state index is 9.34. The van der Waals surface area contributed by atoms with Gasteiger partial charge in [-0.1, -0.05) is 18.2 Å². The molecule has 1 aliphatic heterocycles. The Morgan fingerprint density at radius 1 is 1.30 bits per heavy atom. The van der Waals surface area contributed by atoms with Crippen molar-refractivity contribution in [3.05, 3.63) is 36.1 Å². The first kappa shape index (κ1) is 22.0.